The highest BCUT2D eigenvalue weighted by atomic mass is 35.5. The van der Waals surface area contributed by atoms with Crippen molar-refractivity contribution in [2.45, 2.75) is 6.54 Å². The fraction of sp³-hybridized carbons (Fsp3) is 0.0556. The highest BCUT2D eigenvalue weighted by molar-refractivity contribution is 6.31. The van der Waals surface area contributed by atoms with E-state index in [4.69, 9.17) is 11.6 Å². The summed E-state index contributed by atoms with van der Waals surface area (Å²) in [5.74, 6) is 0.287. The van der Waals surface area contributed by atoms with Gasteiger partial charge >= 0.3 is 0 Å². The molecule has 0 bridgehead atoms. The van der Waals surface area contributed by atoms with E-state index in [1.165, 1.54) is 12.1 Å². The van der Waals surface area contributed by atoms with Crippen LogP contribution in [0, 0.1) is 5.82 Å². The van der Waals surface area contributed by atoms with Gasteiger partial charge < -0.3 is 10.6 Å². The second-order valence-corrected chi connectivity index (χ2v) is 5.68. The predicted molar refractivity (Wildman–Crippen MR) is 95.2 cm³/mol. The van der Waals surface area contributed by atoms with Crippen LogP contribution in [0.2, 0.25) is 5.02 Å². The van der Waals surface area contributed by atoms with Gasteiger partial charge in [0, 0.05) is 17.1 Å². The summed E-state index contributed by atoms with van der Waals surface area (Å²) in [6.07, 6.45) is 0. The van der Waals surface area contributed by atoms with E-state index in [0.29, 0.717) is 28.8 Å². The summed E-state index contributed by atoms with van der Waals surface area (Å²) in [5.41, 5.74) is 1.36. The number of hydrogen-bond donors (Lipinski definition) is 2. The van der Waals surface area contributed by atoms with E-state index in [1.54, 1.807) is 48.5 Å². The first-order chi connectivity index (χ1) is 12.1. The average Bonchev–Trinajstić information content (AvgIpc) is 2.62. The molecule has 0 aliphatic rings. The van der Waals surface area contributed by atoms with Crippen LogP contribution in [0.3, 0.4) is 0 Å². The van der Waals surface area contributed by atoms with Crippen molar-refractivity contribution in [3.8, 4) is 0 Å². The van der Waals surface area contributed by atoms with Gasteiger partial charge in [0.05, 0.1) is 0 Å². The topological polar surface area (TPSA) is 66.9 Å². The number of carbonyl (C=O) groups excluding carboxylic acids is 1. The van der Waals surface area contributed by atoms with Gasteiger partial charge in [-0.3, -0.25) is 4.79 Å². The minimum atomic E-state index is -0.316. The summed E-state index contributed by atoms with van der Waals surface area (Å²) in [5, 5.41) is 14.2. The average molecular weight is 357 g/mol. The zero-order valence-corrected chi connectivity index (χ0v) is 13.8. The summed E-state index contributed by atoms with van der Waals surface area (Å²) in [6.45, 7) is 0.489. The Labute approximate surface area is 148 Å². The standard InChI is InChI=1S/C18H14ClFN4O/c19-14-3-1-2-13(10-14)18(25)22-17-9-8-16(23-24-17)21-11-12-4-6-15(20)7-5-12/h1-10H,11H2,(H,21,23)(H,22,24,25). The third kappa shape index (κ3) is 4.74. The second kappa shape index (κ2) is 7.72. The Morgan fingerprint density at radius 2 is 1.72 bits per heavy atom. The second-order valence-electron chi connectivity index (χ2n) is 5.25. The summed E-state index contributed by atoms with van der Waals surface area (Å²) >= 11 is 5.87. The van der Waals surface area contributed by atoms with Gasteiger partial charge in [-0.1, -0.05) is 29.8 Å². The number of anilines is 2. The summed E-state index contributed by atoms with van der Waals surface area (Å²) in [7, 11) is 0. The Bertz CT molecular complexity index is 869. The Hall–Kier alpha value is -2.99. The van der Waals surface area contributed by atoms with Crippen molar-refractivity contribution in [3.05, 3.63) is 82.6 Å². The Morgan fingerprint density at radius 3 is 2.40 bits per heavy atom. The zero-order chi connectivity index (χ0) is 17.6. The maximum atomic E-state index is 12.9. The highest BCUT2D eigenvalue weighted by Gasteiger charge is 2.07. The minimum absolute atomic E-state index is 0.275. The first kappa shape index (κ1) is 16.9. The van der Waals surface area contributed by atoms with E-state index < -0.39 is 0 Å². The van der Waals surface area contributed by atoms with Gasteiger partial charge in [-0.15, -0.1) is 10.2 Å². The highest BCUT2D eigenvalue weighted by Crippen LogP contribution is 2.13. The smallest absolute Gasteiger partial charge is 0.256 e. The first-order valence-electron chi connectivity index (χ1n) is 7.49. The zero-order valence-electron chi connectivity index (χ0n) is 13.0. The molecule has 2 aromatic carbocycles. The van der Waals surface area contributed by atoms with Gasteiger partial charge in [0.25, 0.3) is 5.91 Å². The monoisotopic (exact) mass is 356 g/mol. The van der Waals surface area contributed by atoms with Crippen LogP contribution in [0.1, 0.15) is 15.9 Å². The lowest BCUT2D eigenvalue weighted by Gasteiger charge is -2.07. The number of nitrogens with one attached hydrogen (secondary N) is 2. The van der Waals surface area contributed by atoms with Gasteiger partial charge in [0.15, 0.2) is 5.82 Å². The predicted octanol–water partition coefficient (Wildman–Crippen LogP) is 4.13. The van der Waals surface area contributed by atoms with Gasteiger partial charge in [-0.2, -0.15) is 0 Å². The molecule has 5 nitrogen and oxygen atoms in total. The van der Waals surface area contributed by atoms with E-state index in [0.717, 1.165) is 5.56 Å². The molecule has 0 aliphatic carbocycles. The molecule has 0 unspecified atom stereocenters. The largest absolute Gasteiger partial charge is 0.365 e. The molecule has 126 valence electrons. The first-order valence-corrected chi connectivity index (χ1v) is 7.87. The molecular formula is C18H14ClFN4O. The van der Waals surface area contributed by atoms with Crippen LogP contribution in [0.25, 0.3) is 0 Å². The summed E-state index contributed by atoms with van der Waals surface area (Å²) < 4.78 is 12.9. The molecule has 1 aromatic heterocycles. The third-order valence-electron chi connectivity index (χ3n) is 3.38. The number of hydrogen-bond acceptors (Lipinski definition) is 4. The molecule has 1 heterocycles. The number of rotatable bonds is 5. The maximum Gasteiger partial charge on any atom is 0.256 e. The number of aromatic nitrogens is 2. The molecule has 0 saturated carbocycles. The molecular weight excluding hydrogens is 343 g/mol. The molecule has 3 aromatic rings. The fourth-order valence-corrected chi connectivity index (χ4v) is 2.30. The van der Waals surface area contributed by atoms with Crippen LogP contribution in [0.5, 0.6) is 0 Å². The van der Waals surface area contributed by atoms with Crippen molar-refractivity contribution >= 4 is 29.1 Å². The Balaban J connectivity index is 1.58. The lowest BCUT2D eigenvalue weighted by atomic mass is 10.2. The van der Waals surface area contributed by atoms with Crippen molar-refractivity contribution in [3.63, 3.8) is 0 Å². The van der Waals surface area contributed by atoms with Crippen molar-refractivity contribution < 1.29 is 9.18 Å². The SMILES string of the molecule is O=C(Nc1ccc(NCc2ccc(F)cc2)nn1)c1cccc(Cl)c1. The van der Waals surface area contributed by atoms with Crippen LogP contribution >= 0.6 is 11.6 Å². The van der Waals surface area contributed by atoms with Crippen molar-refractivity contribution in [2.75, 3.05) is 10.6 Å². The number of halogens is 2. The molecule has 0 spiro atoms. The lowest BCUT2D eigenvalue weighted by Crippen LogP contribution is -2.13. The molecule has 1 amide bonds. The fourth-order valence-electron chi connectivity index (χ4n) is 2.11. The molecule has 0 radical (unpaired) electrons. The van der Waals surface area contributed by atoms with Crippen molar-refractivity contribution in [2.24, 2.45) is 0 Å². The van der Waals surface area contributed by atoms with Gasteiger partial charge in [0.1, 0.15) is 11.6 Å². The van der Waals surface area contributed by atoms with Gasteiger partial charge in [-0.05, 0) is 48.0 Å². The van der Waals surface area contributed by atoms with Crippen LogP contribution < -0.4 is 10.6 Å². The summed E-state index contributed by atoms with van der Waals surface area (Å²) in [6, 6.07) is 16.1. The molecule has 0 saturated heterocycles. The van der Waals surface area contributed by atoms with Crippen LogP contribution in [0.15, 0.2) is 60.7 Å². The molecule has 0 fully saturated rings. The van der Waals surface area contributed by atoms with E-state index in [2.05, 4.69) is 20.8 Å². The van der Waals surface area contributed by atoms with E-state index in [1.807, 2.05) is 0 Å². The Kier molecular flexibility index (Phi) is 5.20. The number of amides is 1. The lowest BCUT2D eigenvalue weighted by molar-refractivity contribution is 0.102. The van der Waals surface area contributed by atoms with E-state index in [9.17, 15) is 9.18 Å². The maximum absolute atomic E-state index is 12.9. The van der Waals surface area contributed by atoms with Crippen LogP contribution in [-0.4, -0.2) is 16.1 Å². The third-order valence-corrected chi connectivity index (χ3v) is 3.61. The molecule has 7 heteroatoms. The Morgan fingerprint density at radius 1 is 1.00 bits per heavy atom. The minimum Gasteiger partial charge on any atom is -0.365 e. The quantitative estimate of drug-likeness (QED) is 0.721. The molecule has 3 rings (SSSR count). The van der Waals surface area contributed by atoms with E-state index in [-0.39, 0.29) is 11.7 Å². The number of carbonyl (C=O) groups is 1. The number of benzene rings is 2. The van der Waals surface area contributed by atoms with Crippen LogP contribution in [-0.2, 0) is 6.54 Å². The molecule has 2 N–H and O–H groups in total. The van der Waals surface area contributed by atoms with Gasteiger partial charge in [-0.25, -0.2) is 4.39 Å². The molecule has 0 atom stereocenters. The van der Waals surface area contributed by atoms with Crippen molar-refractivity contribution in [1.82, 2.24) is 10.2 Å². The van der Waals surface area contributed by atoms with Crippen molar-refractivity contribution in [1.29, 1.82) is 0 Å². The number of nitrogens with zero attached hydrogens (tertiary/aromatic N) is 2. The normalized spacial score (nSPS) is 10.3. The van der Waals surface area contributed by atoms with Crippen LogP contribution in [0.4, 0.5) is 16.0 Å². The molecule has 25 heavy (non-hydrogen) atoms. The van der Waals surface area contributed by atoms with Gasteiger partial charge in [0.2, 0.25) is 0 Å². The summed E-state index contributed by atoms with van der Waals surface area (Å²) in [4.78, 5) is 12.1. The molecule has 0 aliphatic heterocycles. The van der Waals surface area contributed by atoms with E-state index >= 15 is 0 Å².